The molecule has 23 nitrogen and oxygen atoms in total. The Balaban J connectivity index is 3.07. The topological polar surface area (TPSA) is 252 Å². The van der Waals surface area contributed by atoms with E-state index in [2.05, 4.69) is 10.0 Å². The van der Waals surface area contributed by atoms with Crippen molar-refractivity contribution in [2.45, 2.75) is 0 Å². The molecule has 0 aromatic carbocycles. The first-order valence-corrected chi connectivity index (χ1v) is 22.1. The van der Waals surface area contributed by atoms with Crippen molar-refractivity contribution in [2.75, 3.05) is 264 Å². The second kappa shape index (κ2) is 60.5. The molecule has 0 aromatic heterocycles. The third-order valence-electron chi connectivity index (χ3n) is 7.36. The average molecular weight is 924 g/mol. The van der Waals surface area contributed by atoms with Crippen molar-refractivity contribution in [2.24, 2.45) is 10.8 Å². The lowest BCUT2D eigenvalue weighted by Gasteiger charge is -2.09. The molecule has 0 atom stereocenters. The molecule has 0 spiro atoms. The lowest BCUT2D eigenvalue weighted by Crippen LogP contribution is -2.16. The first-order chi connectivity index (χ1) is 31.4. The number of rotatable bonds is 59. The zero-order chi connectivity index (χ0) is 45.1. The predicted octanol–water partition coefficient (Wildman–Crippen LogP) is -0.189. The molecule has 0 aromatic rings. The van der Waals surface area contributed by atoms with Gasteiger partial charge in [-0.15, -0.1) is 0 Å². The van der Waals surface area contributed by atoms with Crippen molar-refractivity contribution in [1.82, 2.24) is 4.91 Å². The Morgan fingerprint density at radius 1 is 0.222 bits per heavy atom. The number of ether oxygens (including phenoxy) is 19. The van der Waals surface area contributed by atoms with Crippen LogP contribution in [0.1, 0.15) is 0 Å². The zero-order valence-electron chi connectivity index (χ0n) is 38.0. The van der Waals surface area contributed by atoms with E-state index in [4.69, 9.17) is 101 Å². The van der Waals surface area contributed by atoms with Crippen LogP contribution in [0.15, 0.2) is 5.11 Å². The van der Waals surface area contributed by atoms with Crippen LogP contribution in [-0.2, 0) is 90.0 Å². The van der Waals surface area contributed by atoms with Crippen molar-refractivity contribution in [3.8, 4) is 0 Å². The summed E-state index contributed by atoms with van der Waals surface area (Å²) in [5.41, 5.74) is 11.9. The molecule has 0 saturated carbocycles. The highest BCUT2D eigenvalue weighted by Gasteiger charge is 1.99. The van der Waals surface area contributed by atoms with E-state index in [9.17, 15) is 0 Å². The quantitative estimate of drug-likeness (QED) is 0.0456. The maximum Gasteiger partial charge on any atom is 0.214 e. The fourth-order valence-electron chi connectivity index (χ4n) is 4.30. The van der Waals surface area contributed by atoms with Crippen LogP contribution in [0.2, 0.25) is 0 Å². The van der Waals surface area contributed by atoms with Crippen LogP contribution in [-0.4, -0.2) is 264 Å². The Morgan fingerprint density at radius 3 is 0.476 bits per heavy atom. The zero-order valence-corrected chi connectivity index (χ0v) is 38.0. The van der Waals surface area contributed by atoms with Gasteiger partial charge in [0, 0.05) is 6.54 Å². The van der Waals surface area contributed by atoms with E-state index < -0.39 is 0 Å². The minimum absolute atomic E-state index is 0.385. The summed E-state index contributed by atoms with van der Waals surface area (Å²) in [7, 11) is 0. The summed E-state index contributed by atoms with van der Waals surface area (Å²) in [6.07, 6.45) is 0. The lowest BCUT2D eigenvalue weighted by molar-refractivity contribution is -0.0312. The molecule has 0 aliphatic heterocycles. The van der Waals surface area contributed by atoms with Gasteiger partial charge in [-0.2, -0.15) is 0 Å². The van der Waals surface area contributed by atoms with Crippen LogP contribution < -0.4 is 10.6 Å². The van der Waals surface area contributed by atoms with Gasteiger partial charge in [0.15, 0.2) is 0 Å². The van der Waals surface area contributed by atoms with E-state index in [1.54, 1.807) is 0 Å². The molecule has 376 valence electrons. The van der Waals surface area contributed by atoms with Gasteiger partial charge < -0.3 is 95.7 Å². The fourth-order valence-corrected chi connectivity index (χ4v) is 4.30. The van der Waals surface area contributed by atoms with Crippen molar-refractivity contribution < 1.29 is 90.0 Å². The highest BCUT2D eigenvalue weighted by atomic mass is 16.6. The van der Waals surface area contributed by atoms with E-state index in [-0.39, 0.29) is 0 Å². The van der Waals surface area contributed by atoms with Gasteiger partial charge >= 0.3 is 0 Å². The lowest BCUT2D eigenvalue weighted by atomic mass is 10.6. The minimum atomic E-state index is 0.385. The van der Waals surface area contributed by atoms with Crippen LogP contribution in [0.4, 0.5) is 0 Å². The van der Waals surface area contributed by atoms with Gasteiger partial charge in [-0.25, -0.2) is 0 Å². The van der Waals surface area contributed by atoms with Gasteiger partial charge in [0.2, 0.25) is 4.91 Å². The van der Waals surface area contributed by atoms with Crippen molar-refractivity contribution in [3.63, 3.8) is 0 Å². The molecule has 0 unspecified atom stereocenters. The molecule has 0 aliphatic carbocycles. The van der Waals surface area contributed by atoms with Crippen molar-refractivity contribution in [1.29, 1.82) is 5.53 Å². The highest BCUT2D eigenvalue weighted by Crippen LogP contribution is 1.89. The molecule has 0 amide bonds. The molecule has 63 heavy (non-hydrogen) atoms. The van der Waals surface area contributed by atoms with Gasteiger partial charge in [0.1, 0.15) is 17.2 Å². The van der Waals surface area contributed by atoms with E-state index in [1.165, 1.54) is 0 Å². The Kier molecular flexibility index (Phi) is 59.1. The number of nitrogens with one attached hydrogen (secondary N) is 1. The Hall–Kier alpha value is -1.49. The van der Waals surface area contributed by atoms with E-state index in [1.807, 2.05) is 0 Å². The largest absolute Gasteiger partial charge is 0.378 e. The molecule has 0 fully saturated rings. The predicted molar refractivity (Wildman–Crippen MR) is 227 cm³/mol. The number of nitrogens with two attached hydrogens (primary N) is 1. The Labute approximate surface area is 375 Å². The van der Waals surface area contributed by atoms with Crippen LogP contribution in [0.5, 0.6) is 0 Å². The molecular weight excluding hydrogens is 840 g/mol. The smallest absolute Gasteiger partial charge is 0.214 e. The van der Waals surface area contributed by atoms with Crippen LogP contribution >= 0.6 is 0 Å². The standard InChI is InChI=1S/C40H83N4O19/c41-1-3-45-5-7-47-9-11-49-13-15-51-17-19-53-21-23-55-25-27-57-29-31-59-33-35-61-37-39-63-40-38-62-36-34-60-32-30-58-28-26-56-24-22-54-20-18-52-16-14-50-12-10-48-8-6-46-4-2-43-44-42/h42H,1-41H2/q+1. The molecular formula is C40H83N4O19+. The SMILES string of the molecule is N=[N+]=NCCOCCOCCOCCOCCOCCOCCOCCOCCOCCOCCOCCOCCOCCOCCOCCOCCOCCOCCOCCN. The van der Waals surface area contributed by atoms with E-state index in [0.717, 1.165) is 0 Å². The summed E-state index contributed by atoms with van der Waals surface area (Å²) in [5, 5.41) is 3.49. The Morgan fingerprint density at radius 2 is 0.349 bits per heavy atom. The first-order valence-electron chi connectivity index (χ1n) is 22.1. The molecule has 0 aliphatic rings. The summed E-state index contributed by atoms with van der Waals surface area (Å²) in [6, 6.07) is 0. The van der Waals surface area contributed by atoms with Gasteiger partial charge in [-0.05, 0) is 0 Å². The van der Waals surface area contributed by atoms with Crippen molar-refractivity contribution >= 4 is 0 Å². The second-order valence-corrected chi connectivity index (χ2v) is 12.4. The van der Waals surface area contributed by atoms with Crippen molar-refractivity contribution in [3.05, 3.63) is 0 Å². The summed E-state index contributed by atoms with van der Waals surface area (Å²) in [6.45, 7) is 19.8. The summed E-state index contributed by atoms with van der Waals surface area (Å²) >= 11 is 0. The van der Waals surface area contributed by atoms with Crippen LogP contribution in [0.3, 0.4) is 0 Å². The van der Waals surface area contributed by atoms with Crippen LogP contribution in [0, 0.1) is 5.53 Å². The normalized spacial score (nSPS) is 11.5. The number of nitrogens with zero attached hydrogens (tertiary/aromatic N) is 2. The third kappa shape index (κ3) is 60.5. The Bertz CT molecular complexity index is 878. The van der Waals surface area contributed by atoms with Gasteiger partial charge in [0.05, 0.1) is 251 Å². The van der Waals surface area contributed by atoms with E-state index in [0.29, 0.717) is 264 Å². The monoisotopic (exact) mass is 924 g/mol. The maximum absolute atomic E-state index is 6.53. The molecule has 0 saturated heterocycles. The summed E-state index contributed by atoms with van der Waals surface area (Å²) < 4.78 is 103. The molecule has 23 heteroatoms. The number of hydrogen-bond donors (Lipinski definition) is 2. The molecule has 0 radical (unpaired) electrons. The van der Waals surface area contributed by atoms with Gasteiger partial charge in [-0.3, -0.25) is 0 Å². The first kappa shape index (κ1) is 61.5. The molecule has 0 heterocycles. The highest BCUT2D eigenvalue weighted by molar-refractivity contribution is 4.42. The second-order valence-electron chi connectivity index (χ2n) is 12.4. The van der Waals surface area contributed by atoms with Gasteiger partial charge in [0.25, 0.3) is 0 Å². The van der Waals surface area contributed by atoms with E-state index >= 15 is 0 Å². The molecule has 0 bridgehead atoms. The fraction of sp³-hybridized carbons (Fsp3) is 1.00. The van der Waals surface area contributed by atoms with Gasteiger partial charge in [-0.1, -0.05) is 0 Å². The van der Waals surface area contributed by atoms with Crippen LogP contribution in [0.25, 0.3) is 0 Å². The summed E-state index contributed by atoms with van der Waals surface area (Å²) in [4.78, 5) is 2.90. The average Bonchev–Trinajstić information content (AvgIpc) is 3.29. The summed E-state index contributed by atoms with van der Waals surface area (Å²) in [5.74, 6) is 0. The number of hydrogen-bond acceptors (Lipinski definition) is 22. The molecule has 0 rings (SSSR count). The third-order valence-corrected chi connectivity index (χ3v) is 7.36. The minimum Gasteiger partial charge on any atom is -0.378 e. The molecule has 3 N–H and O–H groups in total. The maximum atomic E-state index is 6.53.